The second-order valence-corrected chi connectivity index (χ2v) is 4.77. The number of hydrogen-bond donors (Lipinski definition) is 2. The first kappa shape index (κ1) is 15.7. The molecule has 1 atom stereocenters. The molecule has 1 aromatic carbocycles. The number of carbonyl (C=O) groups excluding carboxylic acids is 1. The summed E-state index contributed by atoms with van der Waals surface area (Å²) in [6.07, 6.45) is 1.05. The van der Waals surface area contributed by atoms with E-state index in [1.54, 1.807) is 0 Å². The summed E-state index contributed by atoms with van der Waals surface area (Å²) in [6, 6.07) is 8.08. The smallest absolute Gasteiger partial charge is 0.238 e. The van der Waals surface area contributed by atoms with Crippen LogP contribution < -0.4 is 11.1 Å². The summed E-state index contributed by atoms with van der Waals surface area (Å²) >= 11 is 0. The Morgan fingerprint density at radius 3 is 2.74 bits per heavy atom. The van der Waals surface area contributed by atoms with E-state index in [0.29, 0.717) is 19.1 Å². The van der Waals surface area contributed by atoms with Crippen LogP contribution >= 0.6 is 0 Å². The third kappa shape index (κ3) is 5.01. The molecule has 106 valence electrons. The Morgan fingerprint density at radius 1 is 1.42 bits per heavy atom. The molecule has 0 aliphatic carbocycles. The summed E-state index contributed by atoms with van der Waals surface area (Å²) in [5.41, 5.74) is 7.42. The van der Waals surface area contributed by atoms with Gasteiger partial charge in [-0.15, -0.1) is 0 Å². The molecule has 1 rings (SSSR count). The molecule has 0 aromatic heterocycles. The van der Waals surface area contributed by atoms with Crippen molar-refractivity contribution in [1.29, 1.82) is 0 Å². The number of nitrogens with two attached hydrogens (primary N) is 1. The first-order chi connectivity index (χ1) is 9.10. The molecule has 4 heteroatoms. The van der Waals surface area contributed by atoms with Gasteiger partial charge in [-0.3, -0.25) is 9.69 Å². The van der Waals surface area contributed by atoms with E-state index in [9.17, 15) is 4.79 Å². The summed E-state index contributed by atoms with van der Waals surface area (Å²) in [5.74, 6) is 0.0244. The molecule has 0 radical (unpaired) electrons. The lowest BCUT2D eigenvalue weighted by molar-refractivity contribution is -0.117. The molecule has 0 saturated heterocycles. The number of nitrogens with one attached hydrogen (secondary N) is 1. The molecule has 0 saturated carbocycles. The highest BCUT2D eigenvalue weighted by Crippen LogP contribution is 2.10. The third-order valence-electron chi connectivity index (χ3n) is 3.41. The van der Waals surface area contributed by atoms with E-state index in [1.165, 1.54) is 0 Å². The van der Waals surface area contributed by atoms with Gasteiger partial charge >= 0.3 is 0 Å². The fourth-order valence-electron chi connectivity index (χ4n) is 2.00. The first-order valence-corrected chi connectivity index (χ1v) is 6.93. The van der Waals surface area contributed by atoms with Gasteiger partial charge < -0.3 is 11.1 Å². The van der Waals surface area contributed by atoms with E-state index in [1.807, 2.05) is 24.3 Å². The zero-order valence-electron chi connectivity index (χ0n) is 12.1. The fraction of sp³-hybridized carbons (Fsp3) is 0.533. The van der Waals surface area contributed by atoms with E-state index in [2.05, 4.69) is 31.0 Å². The number of benzene rings is 1. The summed E-state index contributed by atoms with van der Waals surface area (Å²) in [5, 5.41) is 2.92. The largest absolute Gasteiger partial charge is 0.326 e. The number of anilines is 1. The maximum atomic E-state index is 12.0. The molecule has 19 heavy (non-hydrogen) atoms. The molecule has 3 N–H and O–H groups in total. The Bertz CT molecular complexity index is 406. The monoisotopic (exact) mass is 263 g/mol. The highest BCUT2D eigenvalue weighted by molar-refractivity contribution is 5.92. The second-order valence-electron chi connectivity index (χ2n) is 4.77. The first-order valence-electron chi connectivity index (χ1n) is 6.93. The van der Waals surface area contributed by atoms with Crippen molar-refractivity contribution in [3.63, 3.8) is 0 Å². The lowest BCUT2D eigenvalue weighted by atomic mass is 10.2. The molecule has 0 heterocycles. The van der Waals surface area contributed by atoms with Gasteiger partial charge in [-0.2, -0.15) is 0 Å². The van der Waals surface area contributed by atoms with Crippen LogP contribution in [-0.4, -0.2) is 29.9 Å². The minimum atomic E-state index is 0.0244. The quantitative estimate of drug-likeness (QED) is 0.793. The second kappa shape index (κ2) is 7.92. The molecule has 1 unspecified atom stereocenters. The number of nitrogens with zero attached hydrogens (tertiary/aromatic N) is 1. The predicted molar refractivity (Wildman–Crippen MR) is 80.0 cm³/mol. The average Bonchev–Trinajstić information content (AvgIpc) is 2.44. The lowest BCUT2D eigenvalue weighted by Crippen LogP contribution is -2.39. The zero-order chi connectivity index (χ0) is 14.3. The molecule has 0 aliphatic heterocycles. The molecule has 0 spiro atoms. The van der Waals surface area contributed by atoms with E-state index < -0.39 is 0 Å². The Hall–Kier alpha value is -1.39. The van der Waals surface area contributed by atoms with Gasteiger partial charge in [0.2, 0.25) is 5.91 Å². The molecule has 0 bridgehead atoms. The number of likely N-dealkylation sites (N-methyl/N-ethyl adjacent to an activating group) is 1. The highest BCUT2D eigenvalue weighted by atomic mass is 16.2. The summed E-state index contributed by atoms with van der Waals surface area (Å²) < 4.78 is 0. The van der Waals surface area contributed by atoms with Crippen LogP contribution in [0.15, 0.2) is 24.3 Å². The molecule has 1 aromatic rings. The molecule has 0 aliphatic rings. The van der Waals surface area contributed by atoms with Gasteiger partial charge in [0, 0.05) is 18.3 Å². The molecule has 0 fully saturated rings. The standard InChI is InChI=1S/C15H25N3O/c1-4-12(3)18(5-2)11-15(19)17-14-8-6-7-13(9-14)10-16/h6-9,12H,4-5,10-11,16H2,1-3H3,(H,17,19). The average molecular weight is 263 g/mol. The number of carbonyl (C=O) groups is 1. The van der Waals surface area contributed by atoms with Crippen molar-refractivity contribution in [2.45, 2.75) is 39.8 Å². The predicted octanol–water partition coefficient (Wildman–Crippen LogP) is 2.20. The number of rotatable bonds is 7. The molecule has 1 amide bonds. The van der Waals surface area contributed by atoms with Gasteiger partial charge in [-0.1, -0.05) is 26.0 Å². The van der Waals surface area contributed by atoms with E-state index in [0.717, 1.165) is 24.2 Å². The minimum Gasteiger partial charge on any atom is -0.326 e. The van der Waals surface area contributed by atoms with Crippen LogP contribution in [0, 0.1) is 0 Å². The Kier molecular flexibility index (Phi) is 6.53. The number of amides is 1. The van der Waals surface area contributed by atoms with Gasteiger partial charge in [0.25, 0.3) is 0 Å². The van der Waals surface area contributed by atoms with Crippen LogP contribution in [0.2, 0.25) is 0 Å². The maximum absolute atomic E-state index is 12.0. The van der Waals surface area contributed by atoms with Gasteiger partial charge in [0.1, 0.15) is 0 Å². The van der Waals surface area contributed by atoms with Crippen molar-refractivity contribution in [1.82, 2.24) is 4.90 Å². The lowest BCUT2D eigenvalue weighted by Gasteiger charge is -2.26. The van der Waals surface area contributed by atoms with Crippen molar-refractivity contribution >= 4 is 11.6 Å². The Labute approximate surface area is 116 Å². The Morgan fingerprint density at radius 2 is 2.16 bits per heavy atom. The van der Waals surface area contributed by atoms with Gasteiger partial charge in [-0.25, -0.2) is 0 Å². The van der Waals surface area contributed by atoms with Crippen LogP contribution in [-0.2, 0) is 11.3 Å². The van der Waals surface area contributed by atoms with Crippen LogP contribution in [0.25, 0.3) is 0 Å². The summed E-state index contributed by atoms with van der Waals surface area (Å²) in [4.78, 5) is 14.2. The van der Waals surface area contributed by atoms with E-state index in [4.69, 9.17) is 5.73 Å². The fourth-order valence-corrected chi connectivity index (χ4v) is 2.00. The van der Waals surface area contributed by atoms with Gasteiger partial charge in [0.05, 0.1) is 6.54 Å². The summed E-state index contributed by atoms with van der Waals surface area (Å²) in [7, 11) is 0. The highest BCUT2D eigenvalue weighted by Gasteiger charge is 2.14. The van der Waals surface area contributed by atoms with Crippen LogP contribution in [0.4, 0.5) is 5.69 Å². The van der Waals surface area contributed by atoms with E-state index >= 15 is 0 Å². The minimum absolute atomic E-state index is 0.0244. The van der Waals surface area contributed by atoms with Crippen molar-refractivity contribution in [3.05, 3.63) is 29.8 Å². The van der Waals surface area contributed by atoms with Crippen molar-refractivity contribution in [2.75, 3.05) is 18.4 Å². The van der Waals surface area contributed by atoms with Gasteiger partial charge in [0.15, 0.2) is 0 Å². The topological polar surface area (TPSA) is 58.4 Å². The summed E-state index contributed by atoms with van der Waals surface area (Å²) in [6.45, 7) is 8.15. The third-order valence-corrected chi connectivity index (χ3v) is 3.41. The van der Waals surface area contributed by atoms with Crippen molar-refractivity contribution < 1.29 is 4.79 Å². The molecular formula is C15H25N3O. The van der Waals surface area contributed by atoms with E-state index in [-0.39, 0.29) is 5.91 Å². The zero-order valence-corrected chi connectivity index (χ0v) is 12.1. The van der Waals surface area contributed by atoms with Crippen LogP contribution in [0.5, 0.6) is 0 Å². The van der Waals surface area contributed by atoms with Crippen LogP contribution in [0.1, 0.15) is 32.8 Å². The van der Waals surface area contributed by atoms with Gasteiger partial charge in [-0.05, 0) is 37.6 Å². The Balaban J connectivity index is 2.58. The molecule has 4 nitrogen and oxygen atoms in total. The number of hydrogen-bond acceptors (Lipinski definition) is 3. The maximum Gasteiger partial charge on any atom is 0.238 e. The van der Waals surface area contributed by atoms with Crippen molar-refractivity contribution in [3.8, 4) is 0 Å². The van der Waals surface area contributed by atoms with Crippen LogP contribution in [0.3, 0.4) is 0 Å². The SMILES string of the molecule is CCC(C)N(CC)CC(=O)Nc1cccc(CN)c1. The van der Waals surface area contributed by atoms with Crippen molar-refractivity contribution in [2.24, 2.45) is 5.73 Å². The normalized spacial score (nSPS) is 12.5. The molecular weight excluding hydrogens is 238 g/mol.